The summed E-state index contributed by atoms with van der Waals surface area (Å²) in [7, 11) is 0. The van der Waals surface area contributed by atoms with E-state index in [9.17, 15) is 4.48 Å². The molecule has 12 heavy (non-hydrogen) atoms. The molecule has 0 aliphatic rings. The summed E-state index contributed by atoms with van der Waals surface area (Å²) in [5, 5.41) is 0. The van der Waals surface area contributed by atoms with Crippen molar-refractivity contribution in [3.8, 4) is 5.75 Å². The Balaban J connectivity index is 2.68. The molecule has 0 fully saturated rings. The highest BCUT2D eigenvalue weighted by Crippen LogP contribution is 2.23. The minimum Gasteiger partial charge on any atom is -0.491 e. The van der Waals surface area contributed by atoms with Crippen LogP contribution in [-0.4, -0.2) is 6.61 Å². The zero-order chi connectivity index (χ0) is 8.81. The van der Waals surface area contributed by atoms with Gasteiger partial charge in [0.1, 0.15) is 11.4 Å². The lowest BCUT2D eigenvalue weighted by atomic mass is 10.3. The van der Waals surface area contributed by atoms with E-state index in [0.29, 0.717) is 18.0 Å². The Kier molecular flexibility index (Phi) is 3.38. The van der Waals surface area contributed by atoms with Crippen molar-refractivity contribution in [3.63, 3.8) is 0 Å². The Labute approximate surface area is 71.3 Å². The lowest BCUT2D eigenvalue weighted by molar-refractivity contribution is 0.317. The van der Waals surface area contributed by atoms with Gasteiger partial charge in [-0.1, -0.05) is 19.1 Å². The van der Waals surface area contributed by atoms with Crippen LogP contribution < -0.4 is 10.3 Å². The van der Waals surface area contributed by atoms with Crippen molar-refractivity contribution in [2.75, 3.05) is 12.1 Å². The van der Waals surface area contributed by atoms with Gasteiger partial charge >= 0.3 is 0 Å². The zero-order valence-corrected chi connectivity index (χ0v) is 7.01. The van der Waals surface area contributed by atoms with Crippen LogP contribution in [0.3, 0.4) is 0 Å². The van der Waals surface area contributed by atoms with Crippen molar-refractivity contribution in [2.45, 2.75) is 13.3 Å². The van der Waals surface area contributed by atoms with Gasteiger partial charge in [-0.25, -0.2) is 5.54 Å². The number of ether oxygens (including phenoxy) is 1. The number of halogens is 1. The highest BCUT2D eigenvalue weighted by atomic mass is 19.2. The van der Waals surface area contributed by atoms with Gasteiger partial charge in [-0.3, -0.25) is 0 Å². The van der Waals surface area contributed by atoms with E-state index in [1.54, 1.807) is 23.7 Å². The number of benzene rings is 1. The van der Waals surface area contributed by atoms with Crippen LogP contribution in [0.5, 0.6) is 5.75 Å². The molecule has 1 rings (SSSR count). The molecule has 0 heterocycles. The smallest absolute Gasteiger partial charge is 0.144 e. The molecule has 0 aliphatic heterocycles. The van der Waals surface area contributed by atoms with Crippen molar-refractivity contribution >= 4 is 5.69 Å². The fourth-order valence-electron chi connectivity index (χ4n) is 0.883. The third-order valence-corrected chi connectivity index (χ3v) is 1.45. The first-order valence-corrected chi connectivity index (χ1v) is 3.97. The van der Waals surface area contributed by atoms with E-state index in [1.807, 2.05) is 13.0 Å². The molecule has 3 heteroatoms. The molecular formula is C9H12FNO. The maximum atomic E-state index is 12.1. The Morgan fingerprint density at radius 2 is 2.17 bits per heavy atom. The minimum absolute atomic E-state index is 0.381. The van der Waals surface area contributed by atoms with E-state index in [-0.39, 0.29) is 0 Å². The van der Waals surface area contributed by atoms with Crippen molar-refractivity contribution in [3.05, 3.63) is 24.3 Å². The van der Waals surface area contributed by atoms with Crippen molar-refractivity contribution in [1.82, 2.24) is 0 Å². The lowest BCUT2D eigenvalue weighted by Crippen LogP contribution is -1.97. The highest BCUT2D eigenvalue weighted by molar-refractivity contribution is 5.54. The average molecular weight is 169 g/mol. The molecule has 0 radical (unpaired) electrons. The van der Waals surface area contributed by atoms with Crippen molar-refractivity contribution < 1.29 is 9.22 Å². The summed E-state index contributed by atoms with van der Waals surface area (Å²) in [6, 6.07) is 6.93. The molecule has 1 aromatic rings. The number of para-hydroxylation sites is 2. The second kappa shape index (κ2) is 4.59. The van der Waals surface area contributed by atoms with Gasteiger partial charge < -0.3 is 4.74 Å². The summed E-state index contributed by atoms with van der Waals surface area (Å²) >= 11 is 0. The van der Waals surface area contributed by atoms with Gasteiger partial charge in [0.15, 0.2) is 0 Å². The SMILES string of the molecule is CCCOc1ccccc1NF. The Morgan fingerprint density at radius 1 is 1.42 bits per heavy atom. The van der Waals surface area contributed by atoms with E-state index in [2.05, 4.69) is 0 Å². The highest BCUT2D eigenvalue weighted by Gasteiger charge is 1.99. The molecule has 0 bridgehead atoms. The van der Waals surface area contributed by atoms with Crippen LogP contribution in [0.15, 0.2) is 24.3 Å². The van der Waals surface area contributed by atoms with Gasteiger partial charge in [0.2, 0.25) is 0 Å². The van der Waals surface area contributed by atoms with E-state index in [1.165, 1.54) is 0 Å². The van der Waals surface area contributed by atoms with Crippen LogP contribution in [0.1, 0.15) is 13.3 Å². The third-order valence-electron chi connectivity index (χ3n) is 1.45. The van der Waals surface area contributed by atoms with E-state index in [0.717, 1.165) is 6.42 Å². The molecule has 0 saturated heterocycles. The summed E-state index contributed by atoms with van der Waals surface area (Å²) in [6.07, 6.45) is 0.917. The second-order valence-corrected chi connectivity index (χ2v) is 2.44. The number of hydrogen-bond donors (Lipinski definition) is 1. The standard InChI is InChI=1S/C9H12FNO/c1-2-7-12-9-6-4-3-5-8(9)11-10/h3-6,11H,2,7H2,1H3. The molecule has 0 aromatic heterocycles. The summed E-state index contributed by atoms with van der Waals surface area (Å²) in [4.78, 5) is 0. The first kappa shape index (κ1) is 8.84. The lowest BCUT2D eigenvalue weighted by Gasteiger charge is -2.07. The molecule has 0 aliphatic carbocycles. The van der Waals surface area contributed by atoms with Crippen molar-refractivity contribution in [2.24, 2.45) is 0 Å². The summed E-state index contributed by atoms with van der Waals surface area (Å²) < 4.78 is 17.4. The molecule has 1 N–H and O–H groups in total. The number of nitrogens with one attached hydrogen (secondary N) is 1. The molecule has 0 atom stereocenters. The average Bonchev–Trinajstić information content (AvgIpc) is 2.15. The Morgan fingerprint density at radius 3 is 2.83 bits per heavy atom. The largest absolute Gasteiger partial charge is 0.491 e. The molecule has 0 saturated carbocycles. The monoisotopic (exact) mass is 169 g/mol. The molecule has 0 amide bonds. The summed E-state index contributed by atoms with van der Waals surface area (Å²) in [5.41, 5.74) is 1.96. The summed E-state index contributed by atoms with van der Waals surface area (Å²) in [6.45, 7) is 2.62. The Bertz CT molecular complexity index is 240. The first-order valence-electron chi connectivity index (χ1n) is 3.97. The van der Waals surface area contributed by atoms with Gasteiger partial charge in [-0.15, -0.1) is 4.48 Å². The second-order valence-electron chi connectivity index (χ2n) is 2.44. The fourth-order valence-corrected chi connectivity index (χ4v) is 0.883. The van der Waals surface area contributed by atoms with Crippen LogP contribution in [0.4, 0.5) is 10.2 Å². The van der Waals surface area contributed by atoms with Crippen LogP contribution in [0, 0.1) is 0 Å². The minimum atomic E-state index is 0.381. The van der Waals surface area contributed by atoms with Crippen LogP contribution in [0.25, 0.3) is 0 Å². The topological polar surface area (TPSA) is 21.3 Å². The zero-order valence-electron chi connectivity index (χ0n) is 7.01. The quantitative estimate of drug-likeness (QED) is 0.700. The normalized spacial score (nSPS) is 9.50. The maximum absolute atomic E-state index is 12.1. The van der Waals surface area contributed by atoms with Crippen LogP contribution in [0.2, 0.25) is 0 Å². The molecular weight excluding hydrogens is 157 g/mol. The predicted molar refractivity (Wildman–Crippen MR) is 47.0 cm³/mol. The summed E-state index contributed by atoms with van der Waals surface area (Å²) in [5.74, 6) is 0.557. The van der Waals surface area contributed by atoms with Crippen LogP contribution >= 0.6 is 0 Å². The predicted octanol–water partition coefficient (Wildman–Crippen LogP) is 2.77. The van der Waals surface area contributed by atoms with Gasteiger partial charge in [-0.2, -0.15) is 0 Å². The van der Waals surface area contributed by atoms with Gasteiger partial charge in [-0.05, 0) is 18.6 Å². The van der Waals surface area contributed by atoms with Crippen LogP contribution in [-0.2, 0) is 0 Å². The number of anilines is 1. The molecule has 2 nitrogen and oxygen atoms in total. The van der Waals surface area contributed by atoms with Crippen molar-refractivity contribution in [1.29, 1.82) is 0 Å². The van der Waals surface area contributed by atoms with Gasteiger partial charge in [0.05, 0.1) is 6.61 Å². The number of rotatable bonds is 4. The molecule has 0 unspecified atom stereocenters. The molecule has 1 aromatic carbocycles. The van der Waals surface area contributed by atoms with E-state index < -0.39 is 0 Å². The fraction of sp³-hybridized carbons (Fsp3) is 0.333. The number of hydrogen-bond acceptors (Lipinski definition) is 2. The maximum Gasteiger partial charge on any atom is 0.144 e. The molecule has 66 valence electrons. The molecule has 0 spiro atoms. The van der Waals surface area contributed by atoms with Gasteiger partial charge in [0, 0.05) is 0 Å². The van der Waals surface area contributed by atoms with E-state index >= 15 is 0 Å². The Hall–Kier alpha value is -1.25. The first-order chi connectivity index (χ1) is 5.88. The van der Waals surface area contributed by atoms with Gasteiger partial charge in [0.25, 0.3) is 0 Å². The van der Waals surface area contributed by atoms with E-state index in [4.69, 9.17) is 4.74 Å². The third kappa shape index (κ3) is 2.12.